The molecule has 0 saturated heterocycles. The number of hydrogen-bond donors (Lipinski definition) is 0. The van der Waals surface area contributed by atoms with Crippen LogP contribution in [0, 0.1) is 0 Å². The van der Waals surface area contributed by atoms with Crippen molar-refractivity contribution in [2.24, 2.45) is 0 Å². The molecule has 5 nitrogen and oxygen atoms in total. The van der Waals surface area contributed by atoms with Crippen LogP contribution in [0.5, 0.6) is 0 Å². The van der Waals surface area contributed by atoms with Crippen LogP contribution in [0.1, 0.15) is 5.69 Å². The van der Waals surface area contributed by atoms with Gasteiger partial charge in [-0.3, -0.25) is 4.31 Å². The minimum absolute atomic E-state index is 0.229. The molecule has 0 amide bonds. The van der Waals surface area contributed by atoms with E-state index in [0.29, 0.717) is 11.4 Å². The second-order valence-corrected chi connectivity index (χ2v) is 8.22. The Labute approximate surface area is 145 Å². The van der Waals surface area contributed by atoms with Crippen LogP contribution in [0.3, 0.4) is 0 Å². The lowest BCUT2D eigenvalue weighted by Gasteiger charge is -2.17. The SMILES string of the molecule is CN1c2ccccc2N(Cc2csc(-c3ccccc3)n2)S1(=O)=O. The third-order valence-electron chi connectivity index (χ3n) is 3.99. The van der Waals surface area contributed by atoms with E-state index in [0.717, 1.165) is 16.3 Å². The molecule has 0 radical (unpaired) electrons. The average Bonchev–Trinajstić information content (AvgIpc) is 3.14. The molecule has 1 aliphatic rings. The summed E-state index contributed by atoms with van der Waals surface area (Å²) in [7, 11) is -1.97. The monoisotopic (exact) mass is 357 g/mol. The highest BCUT2D eigenvalue weighted by Crippen LogP contribution is 2.40. The topological polar surface area (TPSA) is 53.5 Å². The Balaban J connectivity index is 1.68. The molecule has 1 aromatic heterocycles. The summed E-state index contributed by atoms with van der Waals surface area (Å²) in [6, 6.07) is 17.2. The van der Waals surface area contributed by atoms with E-state index < -0.39 is 10.2 Å². The average molecular weight is 357 g/mol. The molecular formula is C17H15N3O2S2. The van der Waals surface area contributed by atoms with Gasteiger partial charge in [0, 0.05) is 18.0 Å². The molecule has 122 valence electrons. The van der Waals surface area contributed by atoms with Gasteiger partial charge in [-0.15, -0.1) is 11.3 Å². The van der Waals surface area contributed by atoms with E-state index in [-0.39, 0.29) is 6.54 Å². The van der Waals surface area contributed by atoms with Gasteiger partial charge in [0.15, 0.2) is 0 Å². The van der Waals surface area contributed by atoms with Crippen LogP contribution in [0.2, 0.25) is 0 Å². The molecule has 0 fully saturated rings. The zero-order valence-corrected chi connectivity index (χ0v) is 14.6. The Morgan fingerprint density at radius 2 is 1.67 bits per heavy atom. The largest absolute Gasteiger partial charge is 0.326 e. The number of fused-ring (bicyclic) bond motifs is 1. The molecule has 0 atom stereocenters. The molecule has 0 aliphatic carbocycles. The third-order valence-corrected chi connectivity index (χ3v) is 6.70. The quantitative estimate of drug-likeness (QED) is 0.721. The van der Waals surface area contributed by atoms with Gasteiger partial charge in [0.2, 0.25) is 0 Å². The molecule has 0 bridgehead atoms. The molecule has 4 rings (SSSR count). The second kappa shape index (κ2) is 5.61. The number of rotatable bonds is 3. The minimum atomic E-state index is -3.55. The molecule has 3 aromatic rings. The van der Waals surface area contributed by atoms with E-state index >= 15 is 0 Å². The number of hydrogen-bond acceptors (Lipinski definition) is 4. The fourth-order valence-electron chi connectivity index (χ4n) is 2.74. The van der Waals surface area contributed by atoms with Crippen LogP contribution in [0.15, 0.2) is 60.0 Å². The lowest BCUT2D eigenvalue weighted by Crippen LogP contribution is -2.35. The molecule has 0 unspecified atom stereocenters. The van der Waals surface area contributed by atoms with E-state index in [4.69, 9.17) is 0 Å². The summed E-state index contributed by atoms with van der Waals surface area (Å²) < 4.78 is 28.0. The maximum absolute atomic E-state index is 12.7. The molecule has 24 heavy (non-hydrogen) atoms. The predicted octanol–water partition coefficient (Wildman–Crippen LogP) is 3.51. The Bertz CT molecular complexity index is 984. The Morgan fingerprint density at radius 3 is 2.42 bits per heavy atom. The van der Waals surface area contributed by atoms with Crippen molar-refractivity contribution < 1.29 is 8.42 Å². The highest BCUT2D eigenvalue weighted by atomic mass is 32.2. The summed E-state index contributed by atoms with van der Waals surface area (Å²) in [5.74, 6) is 0. The van der Waals surface area contributed by atoms with Crippen molar-refractivity contribution in [3.63, 3.8) is 0 Å². The fourth-order valence-corrected chi connectivity index (χ4v) is 4.96. The van der Waals surface area contributed by atoms with Crippen molar-refractivity contribution in [2.45, 2.75) is 6.54 Å². The standard InChI is InChI=1S/C17H15N3O2S2/c1-19-15-9-5-6-10-16(15)20(24(19,21)22)11-14-12-23-17(18-14)13-7-3-2-4-8-13/h2-10,12H,11H2,1H3. The molecule has 7 heteroatoms. The minimum Gasteiger partial charge on any atom is -0.254 e. The molecule has 0 spiro atoms. The van der Waals surface area contributed by atoms with Gasteiger partial charge in [-0.1, -0.05) is 42.5 Å². The van der Waals surface area contributed by atoms with E-state index in [2.05, 4.69) is 4.98 Å². The fraction of sp³-hybridized carbons (Fsp3) is 0.118. The summed E-state index contributed by atoms with van der Waals surface area (Å²) in [6.45, 7) is 0.229. The molecule has 2 aromatic carbocycles. The lowest BCUT2D eigenvalue weighted by atomic mass is 10.2. The van der Waals surface area contributed by atoms with Gasteiger partial charge in [-0.2, -0.15) is 8.42 Å². The van der Waals surface area contributed by atoms with Gasteiger partial charge in [0.1, 0.15) is 5.01 Å². The van der Waals surface area contributed by atoms with Crippen LogP contribution >= 0.6 is 11.3 Å². The molecule has 0 N–H and O–H groups in total. The van der Waals surface area contributed by atoms with Gasteiger partial charge in [-0.25, -0.2) is 9.29 Å². The smallest absolute Gasteiger partial charge is 0.254 e. The van der Waals surface area contributed by atoms with Crippen molar-refractivity contribution in [3.8, 4) is 10.6 Å². The summed E-state index contributed by atoms with van der Waals surface area (Å²) in [4.78, 5) is 4.60. The molecule has 2 heterocycles. The first-order valence-electron chi connectivity index (χ1n) is 7.43. The maximum Gasteiger partial charge on any atom is 0.326 e. The van der Waals surface area contributed by atoms with Crippen LogP contribution in [-0.2, 0) is 16.8 Å². The Morgan fingerprint density at radius 1 is 1.00 bits per heavy atom. The van der Waals surface area contributed by atoms with E-state index in [1.54, 1.807) is 7.05 Å². The predicted molar refractivity (Wildman–Crippen MR) is 97.5 cm³/mol. The van der Waals surface area contributed by atoms with E-state index in [9.17, 15) is 8.42 Å². The van der Waals surface area contributed by atoms with Gasteiger partial charge in [0.25, 0.3) is 0 Å². The van der Waals surface area contributed by atoms with E-state index in [1.807, 2.05) is 60.0 Å². The number of benzene rings is 2. The number of para-hydroxylation sites is 2. The molecular weight excluding hydrogens is 342 g/mol. The normalized spacial score (nSPS) is 15.5. The van der Waals surface area contributed by atoms with Crippen LogP contribution in [0.4, 0.5) is 11.4 Å². The van der Waals surface area contributed by atoms with Gasteiger partial charge in [-0.05, 0) is 12.1 Å². The van der Waals surface area contributed by atoms with Crippen molar-refractivity contribution in [1.82, 2.24) is 4.98 Å². The summed E-state index contributed by atoms with van der Waals surface area (Å²) in [5.41, 5.74) is 3.16. The first kappa shape index (κ1) is 15.2. The van der Waals surface area contributed by atoms with Crippen LogP contribution in [0.25, 0.3) is 10.6 Å². The van der Waals surface area contributed by atoms with Gasteiger partial charge >= 0.3 is 10.2 Å². The zero-order chi connectivity index (χ0) is 16.7. The molecule has 0 saturated carbocycles. The highest BCUT2D eigenvalue weighted by molar-refractivity contribution is 7.94. The number of nitrogens with zero attached hydrogens (tertiary/aromatic N) is 3. The van der Waals surface area contributed by atoms with Crippen molar-refractivity contribution in [1.29, 1.82) is 0 Å². The summed E-state index contributed by atoms with van der Waals surface area (Å²) in [6.07, 6.45) is 0. The lowest BCUT2D eigenvalue weighted by molar-refractivity contribution is 0.591. The van der Waals surface area contributed by atoms with Gasteiger partial charge in [0.05, 0.1) is 23.6 Å². The van der Waals surface area contributed by atoms with Crippen molar-refractivity contribution >= 4 is 32.9 Å². The first-order valence-corrected chi connectivity index (χ1v) is 9.70. The highest BCUT2D eigenvalue weighted by Gasteiger charge is 2.37. The van der Waals surface area contributed by atoms with Crippen molar-refractivity contribution in [2.75, 3.05) is 15.7 Å². The maximum atomic E-state index is 12.7. The zero-order valence-electron chi connectivity index (χ0n) is 13.0. The van der Waals surface area contributed by atoms with Crippen molar-refractivity contribution in [3.05, 3.63) is 65.7 Å². The van der Waals surface area contributed by atoms with E-state index in [1.165, 1.54) is 19.9 Å². The second-order valence-electron chi connectivity index (χ2n) is 5.48. The van der Waals surface area contributed by atoms with Gasteiger partial charge < -0.3 is 0 Å². The third kappa shape index (κ3) is 2.37. The number of anilines is 2. The Hall–Kier alpha value is -2.38. The summed E-state index contributed by atoms with van der Waals surface area (Å²) in [5, 5.41) is 2.81. The Kier molecular flexibility index (Phi) is 3.54. The van der Waals surface area contributed by atoms with Crippen LogP contribution in [-0.4, -0.2) is 20.4 Å². The number of thiazole rings is 1. The first-order chi connectivity index (χ1) is 11.6. The van der Waals surface area contributed by atoms with Crippen LogP contribution < -0.4 is 8.61 Å². The molecule has 1 aliphatic heterocycles. The summed E-state index contributed by atoms with van der Waals surface area (Å²) >= 11 is 1.52. The number of aromatic nitrogens is 1.